The molecule has 0 bridgehead atoms. The third-order valence-corrected chi connectivity index (χ3v) is 4.46. The van der Waals surface area contributed by atoms with Crippen LogP contribution < -0.4 is 25.0 Å². The molecule has 3 rings (SSSR count). The Hall–Kier alpha value is -3.03. The van der Waals surface area contributed by atoms with Gasteiger partial charge in [0.25, 0.3) is 0 Å². The van der Waals surface area contributed by atoms with Crippen molar-refractivity contribution in [1.29, 1.82) is 0 Å². The van der Waals surface area contributed by atoms with Crippen LogP contribution in [0.1, 0.15) is 18.4 Å². The van der Waals surface area contributed by atoms with Crippen molar-refractivity contribution < 1.29 is 14.3 Å². The number of hydrogen-bond donors (Lipinski definition) is 2. The number of ether oxygens (including phenoxy) is 2. The van der Waals surface area contributed by atoms with Crippen molar-refractivity contribution in [3.05, 3.63) is 42.2 Å². The van der Waals surface area contributed by atoms with E-state index in [-0.39, 0.29) is 12.1 Å². The highest BCUT2D eigenvalue weighted by atomic mass is 16.5. The Bertz CT molecular complexity index is 734. The summed E-state index contributed by atoms with van der Waals surface area (Å²) in [6.07, 6.45) is 5.38. The van der Waals surface area contributed by atoms with Crippen LogP contribution in [0.2, 0.25) is 0 Å². The van der Waals surface area contributed by atoms with Crippen LogP contribution in [0.25, 0.3) is 0 Å². The van der Waals surface area contributed by atoms with Crippen LogP contribution >= 0.6 is 0 Å². The molecule has 1 aromatic carbocycles. The molecule has 0 saturated carbocycles. The number of aromatic nitrogens is 2. The largest absolute Gasteiger partial charge is 0.497 e. The normalized spacial score (nSPS) is 16.5. The summed E-state index contributed by atoms with van der Waals surface area (Å²) >= 11 is 0. The van der Waals surface area contributed by atoms with Gasteiger partial charge < -0.3 is 25.0 Å². The first-order valence-electron chi connectivity index (χ1n) is 8.96. The molecule has 2 heterocycles. The fraction of sp³-hybridized carbons (Fsp3) is 0.421. The topological polar surface area (TPSA) is 88.6 Å². The summed E-state index contributed by atoms with van der Waals surface area (Å²) in [5.74, 6) is 2.09. The van der Waals surface area contributed by atoms with Gasteiger partial charge in [-0.2, -0.15) is 0 Å². The van der Waals surface area contributed by atoms with Gasteiger partial charge in [-0.3, -0.25) is 0 Å². The summed E-state index contributed by atoms with van der Waals surface area (Å²) in [6, 6.07) is 7.20. The number of urea groups is 1. The monoisotopic (exact) mass is 371 g/mol. The molecule has 1 unspecified atom stereocenters. The molecule has 1 atom stereocenters. The molecule has 2 N–H and O–H groups in total. The van der Waals surface area contributed by atoms with Gasteiger partial charge in [0.15, 0.2) is 0 Å². The van der Waals surface area contributed by atoms with E-state index in [1.54, 1.807) is 38.7 Å². The van der Waals surface area contributed by atoms with E-state index < -0.39 is 0 Å². The molecule has 0 radical (unpaired) electrons. The molecule has 27 heavy (non-hydrogen) atoms. The van der Waals surface area contributed by atoms with Crippen molar-refractivity contribution in [3.63, 3.8) is 0 Å². The van der Waals surface area contributed by atoms with E-state index in [0.29, 0.717) is 30.5 Å². The number of hydrogen-bond acceptors (Lipinski definition) is 6. The molecule has 1 aromatic heterocycles. The van der Waals surface area contributed by atoms with Crippen LogP contribution in [0, 0.1) is 0 Å². The molecule has 2 amide bonds. The molecule has 1 aliphatic heterocycles. The maximum absolute atomic E-state index is 12.3. The van der Waals surface area contributed by atoms with Gasteiger partial charge in [-0.15, -0.1) is 0 Å². The molecule has 1 aliphatic rings. The Kier molecular flexibility index (Phi) is 6.30. The highest BCUT2D eigenvalue weighted by molar-refractivity contribution is 5.74. The number of anilines is 1. The third kappa shape index (κ3) is 5.22. The van der Waals surface area contributed by atoms with E-state index in [2.05, 4.69) is 25.5 Å². The van der Waals surface area contributed by atoms with Gasteiger partial charge in [0.2, 0.25) is 5.95 Å². The minimum Gasteiger partial charge on any atom is -0.497 e. The fourth-order valence-electron chi connectivity index (χ4n) is 3.12. The summed E-state index contributed by atoms with van der Waals surface area (Å²) in [7, 11) is 3.20. The number of rotatable bonds is 6. The number of methoxy groups -OCH3 is 2. The van der Waals surface area contributed by atoms with Gasteiger partial charge in [-0.1, -0.05) is 0 Å². The second-order valence-electron chi connectivity index (χ2n) is 6.38. The number of nitrogens with zero attached hydrogens (tertiary/aromatic N) is 3. The Labute approximate surface area is 158 Å². The maximum Gasteiger partial charge on any atom is 0.315 e. The number of carbonyl (C=O) groups is 1. The summed E-state index contributed by atoms with van der Waals surface area (Å²) < 4.78 is 10.5. The van der Waals surface area contributed by atoms with Crippen molar-refractivity contribution in [1.82, 2.24) is 20.6 Å². The summed E-state index contributed by atoms with van der Waals surface area (Å²) in [4.78, 5) is 23.0. The number of benzene rings is 1. The number of nitrogens with one attached hydrogen (secondary N) is 2. The highest BCUT2D eigenvalue weighted by Gasteiger charge is 2.22. The lowest BCUT2D eigenvalue weighted by Gasteiger charge is -2.33. The van der Waals surface area contributed by atoms with Crippen molar-refractivity contribution in [2.75, 3.05) is 32.2 Å². The Morgan fingerprint density at radius 3 is 2.56 bits per heavy atom. The first-order valence-corrected chi connectivity index (χ1v) is 8.96. The van der Waals surface area contributed by atoms with Gasteiger partial charge in [-0.25, -0.2) is 14.8 Å². The van der Waals surface area contributed by atoms with Crippen molar-refractivity contribution in [3.8, 4) is 11.5 Å². The Morgan fingerprint density at radius 2 is 1.89 bits per heavy atom. The molecule has 1 saturated heterocycles. The van der Waals surface area contributed by atoms with Crippen LogP contribution in [-0.4, -0.2) is 49.4 Å². The zero-order valence-corrected chi connectivity index (χ0v) is 15.6. The Morgan fingerprint density at radius 1 is 1.19 bits per heavy atom. The van der Waals surface area contributed by atoms with Crippen LogP contribution in [-0.2, 0) is 6.54 Å². The van der Waals surface area contributed by atoms with Crippen molar-refractivity contribution in [2.45, 2.75) is 25.4 Å². The van der Waals surface area contributed by atoms with Crippen LogP contribution in [0.4, 0.5) is 10.7 Å². The van der Waals surface area contributed by atoms with E-state index in [0.717, 1.165) is 24.9 Å². The number of carbonyl (C=O) groups excluding carboxylic acids is 1. The minimum atomic E-state index is -0.197. The minimum absolute atomic E-state index is 0.0578. The number of piperidine rings is 1. The first-order chi connectivity index (χ1) is 13.2. The zero-order valence-electron chi connectivity index (χ0n) is 15.6. The second kappa shape index (κ2) is 9.07. The SMILES string of the molecule is COc1cc(CNC(=O)NC2CCCN(c3ncccn3)C2)cc(OC)c1. The fourth-order valence-corrected chi connectivity index (χ4v) is 3.12. The van der Waals surface area contributed by atoms with E-state index in [4.69, 9.17) is 9.47 Å². The molecule has 144 valence electrons. The van der Waals surface area contributed by atoms with Crippen molar-refractivity contribution in [2.24, 2.45) is 0 Å². The Balaban J connectivity index is 1.52. The lowest BCUT2D eigenvalue weighted by atomic mass is 10.1. The standard InChI is InChI=1S/C19H25N5O3/c1-26-16-9-14(10-17(11-16)27-2)12-22-19(25)23-15-5-3-8-24(13-15)18-20-6-4-7-21-18/h4,6-7,9-11,15H,3,5,8,12-13H2,1-2H3,(H2,22,23,25). The average molecular weight is 371 g/mol. The zero-order chi connectivity index (χ0) is 19.1. The second-order valence-corrected chi connectivity index (χ2v) is 6.38. The number of amides is 2. The lowest BCUT2D eigenvalue weighted by Crippen LogP contribution is -2.50. The highest BCUT2D eigenvalue weighted by Crippen LogP contribution is 2.22. The van der Waals surface area contributed by atoms with E-state index in [1.807, 2.05) is 12.1 Å². The molecule has 8 heteroatoms. The third-order valence-electron chi connectivity index (χ3n) is 4.46. The molecule has 2 aromatic rings. The molecule has 0 aliphatic carbocycles. The predicted octanol–water partition coefficient (Wildman–Crippen LogP) is 1.96. The lowest BCUT2D eigenvalue weighted by molar-refractivity contribution is 0.234. The predicted molar refractivity (Wildman–Crippen MR) is 102 cm³/mol. The van der Waals surface area contributed by atoms with Gasteiger partial charge in [0, 0.05) is 44.1 Å². The van der Waals surface area contributed by atoms with Gasteiger partial charge in [0.05, 0.1) is 14.2 Å². The van der Waals surface area contributed by atoms with E-state index in [1.165, 1.54) is 0 Å². The van der Waals surface area contributed by atoms with Crippen LogP contribution in [0.5, 0.6) is 11.5 Å². The summed E-state index contributed by atoms with van der Waals surface area (Å²) in [5.41, 5.74) is 0.907. The average Bonchev–Trinajstić information content (AvgIpc) is 2.72. The van der Waals surface area contributed by atoms with E-state index in [9.17, 15) is 4.79 Å². The summed E-state index contributed by atoms with van der Waals surface area (Å²) in [5, 5.41) is 5.93. The maximum atomic E-state index is 12.3. The first kappa shape index (κ1) is 18.8. The van der Waals surface area contributed by atoms with E-state index >= 15 is 0 Å². The van der Waals surface area contributed by atoms with Crippen LogP contribution in [0.3, 0.4) is 0 Å². The van der Waals surface area contributed by atoms with Crippen molar-refractivity contribution >= 4 is 12.0 Å². The quantitative estimate of drug-likeness (QED) is 0.807. The molecule has 1 fully saturated rings. The molecular formula is C19H25N5O3. The van der Waals surface area contributed by atoms with Crippen LogP contribution in [0.15, 0.2) is 36.7 Å². The smallest absolute Gasteiger partial charge is 0.315 e. The van der Waals surface area contributed by atoms with Gasteiger partial charge >= 0.3 is 6.03 Å². The molecule has 8 nitrogen and oxygen atoms in total. The molecular weight excluding hydrogens is 346 g/mol. The summed E-state index contributed by atoms with van der Waals surface area (Å²) in [6.45, 7) is 1.98. The van der Waals surface area contributed by atoms with Gasteiger partial charge in [-0.05, 0) is 36.6 Å². The van der Waals surface area contributed by atoms with Gasteiger partial charge in [0.1, 0.15) is 11.5 Å². The molecule has 0 spiro atoms.